The molecule has 1 aromatic heterocycles. The van der Waals surface area contributed by atoms with Gasteiger partial charge in [-0.2, -0.15) is 5.10 Å². The van der Waals surface area contributed by atoms with E-state index in [9.17, 15) is 4.79 Å². The third-order valence-corrected chi connectivity index (χ3v) is 2.58. The number of aldehydes is 1. The highest BCUT2D eigenvalue weighted by Crippen LogP contribution is 2.30. The molecule has 1 N–H and O–H groups in total. The van der Waals surface area contributed by atoms with E-state index in [2.05, 4.69) is 31.0 Å². The monoisotopic (exact) mass is 202 g/mol. The lowest BCUT2D eigenvalue weighted by molar-refractivity contribution is 0.112. The summed E-state index contributed by atoms with van der Waals surface area (Å²) in [7, 11) is 0. The topological polar surface area (TPSA) is 45.8 Å². The van der Waals surface area contributed by atoms with Crippen LogP contribution < -0.4 is 0 Å². The van der Waals surface area contributed by atoms with Crippen LogP contribution in [0.5, 0.6) is 0 Å². The van der Waals surface area contributed by atoms with E-state index in [0.717, 1.165) is 17.2 Å². The average molecular weight is 202 g/mol. The lowest BCUT2D eigenvalue weighted by Crippen LogP contribution is -2.11. The third kappa shape index (κ3) is 1.54. The molecule has 0 spiro atoms. The van der Waals surface area contributed by atoms with Gasteiger partial charge in [0.2, 0.25) is 0 Å². The maximum Gasteiger partial charge on any atom is 0.152 e. The summed E-state index contributed by atoms with van der Waals surface area (Å²) in [6.45, 7) is 6.44. The number of nitrogens with zero attached hydrogens (tertiary/aromatic N) is 1. The number of fused-ring (bicyclic) bond motifs is 1. The molecule has 3 nitrogen and oxygen atoms in total. The Morgan fingerprint density at radius 2 is 2.07 bits per heavy atom. The van der Waals surface area contributed by atoms with E-state index in [1.54, 1.807) is 6.20 Å². The van der Waals surface area contributed by atoms with Crippen molar-refractivity contribution in [2.45, 2.75) is 26.2 Å². The Hall–Kier alpha value is -1.64. The minimum atomic E-state index is 0.0591. The molecule has 15 heavy (non-hydrogen) atoms. The number of hydrogen-bond acceptors (Lipinski definition) is 2. The van der Waals surface area contributed by atoms with E-state index < -0.39 is 0 Å². The molecule has 0 fully saturated rings. The number of aromatic amines is 1. The highest BCUT2D eigenvalue weighted by atomic mass is 16.1. The number of carbonyl (C=O) groups is 1. The molecule has 0 unspecified atom stereocenters. The molecule has 0 amide bonds. The molecule has 0 aliphatic rings. The van der Waals surface area contributed by atoms with E-state index in [1.165, 1.54) is 5.56 Å². The van der Waals surface area contributed by atoms with Crippen LogP contribution in [0.15, 0.2) is 18.3 Å². The number of benzene rings is 1. The minimum absolute atomic E-state index is 0.0591. The van der Waals surface area contributed by atoms with Crippen molar-refractivity contribution in [2.24, 2.45) is 0 Å². The predicted molar refractivity (Wildman–Crippen MR) is 60.2 cm³/mol. The van der Waals surface area contributed by atoms with Crippen LogP contribution in [0.25, 0.3) is 10.9 Å². The van der Waals surface area contributed by atoms with Crippen LogP contribution in [0.3, 0.4) is 0 Å². The van der Waals surface area contributed by atoms with E-state index in [4.69, 9.17) is 0 Å². The maximum atomic E-state index is 10.8. The fourth-order valence-corrected chi connectivity index (χ4v) is 1.81. The Balaban J connectivity index is 2.80. The van der Waals surface area contributed by atoms with E-state index in [1.807, 2.05) is 12.1 Å². The smallest absolute Gasteiger partial charge is 0.152 e. The quantitative estimate of drug-likeness (QED) is 0.722. The Morgan fingerprint density at radius 3 is 2.67 bits per heavy atom. The summed E-state index contributed by atoms with van der Waals surface area (Å²) in [6.07, 6.45) is 2.63. The lowest BCUT2D eigenvalue weighted by atomic mass is 9.84. The summed E-state index contributed by atoms with van der Waals surface area (Å²) in [4.78, 5) is 10.8. The maximum absolute atomic E-state index is 10.8. The first-order valence-electron chi connectivity index (χ1n) is 4.96. The summed E-state index contributed by atoms with van der Waals surface area (Å²) in [5, 5.41) is 7.90. The Kier molecular flexibility index (Phi) is 2.11. The second-order valence-electron chi connectivity index (χ2n) is 4.73. The van der Waals surface area contributed by atoms with Gasteiger partial charge < -0.3 is 0 Å². The van der Waals surface area contributed by atoms with Crippen LogP contribution >= 0.6 is 0 Å². The van der Waals surface area contributed by atoms with Crippen LogP contribution in [0.4, 0.5) is 0 Å². The lowest BCUT2D eigenvalue weighted by Gasteiger charge is -2.20. The van der Waals surface area contributed by atoms with Gasteiger partial charge in [-0.3, -0.25) is 9.89 Å². The van der Waals surface area contributed by atoms with Crippen molar-refractivity contribution in [1.82, 2.24) is 10.2 Å². The van der Waals surface area contributed by atoms with Crippen LogP contribution in [-0.2, 0) is 5.41 Å². The van der Waals surface area contributed by atoms with Crippen LogP contribution in [0, 0.1) is 0 Å². The van der Waals surface area contributed by atoms with Crippen LogP contribution in [0.1, 0.15) is 36.7 Å². The van der Waals surface area contributed by atoms with Gasteiger partial charge in [-0.1, -0.05) is 26.8 Å². The number of carbonyl (C=O) groups excluding carboxylic acids is 1. The second kappa shape index (κ2) is 3.19. The highest BCUT2D eigenvalue weighted by molar-refractivity contribution is 5.97. The van der Waals surface area contributed by atoms with Crippen molar-refractivity contribution in [3.63, 3.8) is 0 Å². The Labute approximate surface area is 88.5 Å². The number of rotatable bonds is 1. The number of H-pyrrole nitrogens is 1. The van der Waals surface area contributed by atoms with Crippen LogP contribution in [-0.4, -0.2) is 16.5 Å². The van der Waals surface area contributed by atoms with E-state index >= 15 is 0 Å². The first-order valence-corrected chi connectivity index (χ1v) is 4.96. The number of hydrogen-bond donors (Lipinski definition) is 1. The Bertz CT molecular complexity index is 506. The predicted octanol–water partition coefficient (Wildman–Crippen LogP) is 2.67. The average Bonchev–Trinajstić information content (AvgIpc) is 2.62. The molecule has 0 saturated heterocycles. The minimum Gasteiger partial charge on any atom is -0.298 e. The molecule has 0 bridgehead atoms. The van der Waals surface area contributed by atoms with Crippen molar-refractivity contribution in [3.8, 4) is 0 Å². The molecule has 2 rings (SSSR count). The van der Waals surface area contributed by atoms with Gasteiger partial charge in [-0.05, 0) is 17.0 Å². The molecular weight excluding hydrogens is 188 g/mol. The summed E-state index contributed by atoms with van der Waals surface area (Å²) in [6, 6.07) is 3.84. The van der Waals surface area contributed by atoms with Crippen molar-refractivity contribution in [3.05, 3.63) is 29.5 Å². The third-order valence-electron chi connectivity index (χ3n) is 2.58. The van der Waals surface area contributed by atoms with Gasteiger partial charge in [0.05, 0.1) is 11.7 Å². The second-order valence-corrected chi connectivity index (χ2v) is 4.73. The zero-order valence-corrected chi connectivity index (χ0v) is 9.16. The van der Waals surface area contributed by atoms with Gasteiger partial charge in [0.25, 0.3) is 0 Å². The molecule has 3 heteroatoms. The molecule has 0 atom stereocenters. The van der Waals surface area contributed by atoms with Gasteiger partial charge in [-0.25, -0.2) is 0 Å². The summed E-state index contributed by atoms with van der Waals surface area (Å²) >= 11 is 0. The summed E-state index contributed by atoms with van der Waals surface area (Å²) < 4.78 is 0. The van der Waals surface area contributed by atoms with E-state index in [0.29, 0.717) is 5.56 Å². The number of nitrogens with one attached hydrogen (secondary N) is 1. The summed E-state index contributed by atoms with van der Waals surface area (Å²) in [5.74, 6) is 0. The molecule has 2 aromatic rings. The van der Waals surface area contributed by atoms with Gasteiger partial charge in [-0.15, -0.1) is 0 Å². The fraction of sp³-hybridized carbons (Fsp3) is 0.333. The zero-order chi connectivity index (χ0) is 11.1. The molecular formula is C12H14N2O. The summed E-state index contributed by atoms with van der Waals surface area (Å²) in [5.41, 5.74) is 2.76. The molecule has 0 aliphatic carbocycles. The van der Waals surface area contributed by atoms with Crippen LogP contribution in [0.2, 0.25) is 0 Å². The van der Waals surface area contributed by atoms with Gasteiger partial charge in [0.15, 0.2) is 6.29 Å². The fourth-order valence-electron chi connectivity index (χ4n) is 1.81. The molecule has 78 valence electrons. The molecule has 0 aliphatic heterocycles. The molecule has 0 radical (unpaired) electrons. The number of aromatic nitrogens is 2. The molecule has 1 aromatic carbocycles. The zero-order valence-electron chi connectivity index (χ0n) is 9.16. The van der Waals surface area contributed by atoms with Gasteiger partial charge >= 0.3 is 0 Å². The van der Waals surface area contributed by atoms with Gasteiger partial charge in [0, 0.05) is 10.9 Å². The highest BCUT2D eigenvalue weighted by Gasteiger charge is 2.18. The SMILES string of the molecule is CC(C)(C)c1ccc(C=O)c2[nH]ncc12. The first-order chi connectivity index (χ1) is 7.04. The molecule has 1 heterocycles. The van der Waals surface area contributed by atoms with Crippen molar-refractivity contribution < 1.29 is 4.79 Å². The largest absolute Gasteiger partial charge is 0.298 e. The first kappa shape index (κ1) is 9.90. The van der Waals surface area contributed by atoms with Crippen molar-refractivity contribution in [2.75, 3.05) is 0 Å². The Morgan fingerprint density at radius 1 is 1.33 bits per heavy atom. The van der Waals surface area contributed by atoms with E-state index in [-0.39, 0.29) is 5.41 Å². The van der Waals surface area contributed by atoms with Gasteiger partial charge in [0.1, 0.15) is 0 Å². The molecule has 0 saturated carbocycles. The van der Waals surface area contributed by atoms with Crippen molar-refractivity contribution >= 4 is 17.2 Å². The standard InChI is InChI=1S/C12H14N2O/c1-12(2,3)10-5-4-8(7-15)11-9(10)6-13-14-11/h4-7H,1-3H3,(H,13,14). The normalized spacial score (nSPS) is 11.9. The van der Waals surface area contributed by atoms with Crippen molar-refractivity contribution in [1.29, 1.82) is 0 Å².